The van der Waals surface area contributed by atoms with Crippen molar-refractivity contribution in [3.63, 3.8) is 0 Å². The van der Waals surface area contributed by atoms with Crippen LogP contribution in [0.3, 0.4) is 0 Å². The van der Waals surface area contributed by atoms with Gasteiger partial charge in [-0.15, -0.1) is 0 Å². The number of aliphatic imine (C=N–C) groups is 1. The standard InChI is InChI=1S/C12H8F3N3O3/c1-20-6-16-10(19)8-4-2-7(3-5-8)9-17-11(21-18-9)12(13,14)15/h2-6H,1H3. The van der Waals surface area contributed by atoms with Crippen LogP contribution in [0.2, 0.25) is 0 Å². The van der Waals surface area contributed by atoms with Gasteiger partial charge in [-0.25, -0.2) is 0 Å². The zero-order chi connectivity index (χ0) is 15.5. The monoisotopic (exact) mass is 299 g/mol. The maximum atomic E-state index is 12.3. The van der Waals surface area contributed by atoms with Gasteiger partial charge in [-0.1, -0.05) is 17.3 Å². The first kappa shape index (κ1) is 14.7. The molecule has 1 amide bonds. The Balaban J connectivity index is 2.21. The Morgan fingerprint density at radius 2 is 2.00 bits per heavy atom. The summed E-state index contributed by atoms with van der Waals surface area (Å²) < 4.78 is 45.6. The summed E-state index contributed by atoms with van der Waals surface area (Å²) in [6.07, 6.45) is -3.72. The van der Waals surface area contributed by atoms with Crippen molar-refractivity contribution in [2.24, 2.45) is 4.99 Å². The van der Waals surface area contributed by atoms with E-state index in [0.717, 1.165) is 6.40 Å². The number of ether oxygens (including phenoxy) is 1. The molecule has 0 saturated heterocycles. The molecule has 0 spiro atoms. The molecule has 0 atom stereocenters. The van der Waals surface area contributed by atoms with Crippen LogP contribution in [0.1, 0.15) is 16.2 Å². The molecule has 1 heterocycles. The molecule has 0 aliphatic rings. The summed E-state index contributed by atoms with van der Waals surface area (Å²) in [4.78, 5) is 18.2. The van der Waals surface area contributed by atoms with Gasteiger partial charge in [0, 0.05) is 11.1 Å². The van der Waals surface area contributed by atoms with Crippen molar-refractivity contribution >= 4 is 12.3 Å². The van der Waals surface area contributed by atoms with E-state index in [2.05, 4.69) is 24.4 Å². The lowest BCUT2D eigenvalue weighted by atomic mass is 10.1. The van der Waals surface area contributed by atoms with Crippen LogP contribution in [0.25, 0.3) is 11.4 Å². The average molecular weight is 299 g/mol. The van der Waals surface area contributed by atoms with E-state index in [1.54, 1.807) is 0 Å². The van der Waals surface area contributed by atoms with Gasteiger partial charge in [0.15, 0.2) is 6.40 Å². The number of halogens is 3. The second kappa shape index (κ2) is 5.73. The summed E-state index contributed by atoms with van der Waals surface area (Å²) in [6.45, 7) is 0. The molecule has 0 unspecified atom stereocenters. The molecule has 0 fully saturated rings. The van der Waals surface area contributed by atoms with Gasteiger partial charge in [-0.3, -0.25) is 4.79 Å². The van der Waals surface area contributed by atoms with Crippen molar-refractivity contribution in [2.75, 3.05) is 7.11 Å². The highest BCUT2D eigenvalue weighted by atomic mass is 19.4. The smallest absolute Gasteiger partial charge is 0.471 e. The highest BCUT2D eigenvalue weighted by molar-refractivity contribution is 5.98. The number of amides is 1. The van der Waals surface area contributed by atoms with E-state index >= 15 is 0 Å². The highest BCUT2D eigenvalue weighted by Crippen LogP contribution is 2.29. The summed E-state index contributed by atoms with van der Waals surface area (Å²) in [5, 5.41) is 3.24. The van der Waals surface area contributed by atoms with Crippen LogP contribution in [0.5, 0.6) is 0 Å². The molecule has 0 bridgehead atoms. The maximum absolute atomic E-state index is 12.3. The van der Waals surface area contributed by atoms with Gasteiger partial charge in [0.2, 0.25) is 5.82 Å². The third kappa shape index (κ3) is 3.44. The first-order valence-corrected chi connectivity index (χ1v) is 5.53. The van der Waals surface area contributed by atoms with Crippen molar-refractivity contribution in [2.45, 2.75) is 6.18 Å². The molecule has 0 aliphatic heterocycles. The molecule has 2 rings (SSSR count). The number of nitrogens with zero attached hydrogens (tertiary/aromatic N) is 3. The number of benzene rings is 1. The number of carbonyl (C=O) groups is 1. The Labute approximate surface area is 116 Å². The predicted octanol–water partition coefficient (Wildman–Crippen LogP) is 2.57. The minimum atomic E-state index is -4.70. The quantitative estimate of drug-likeness (QED) is 0.643. The van der Waals surface area contributed by atoms with Crippen LogP contribution in [-0.4, -0.2) is 29.6 Å². The van der Waals surface area contributed by atoms with E-state index in [-0.39, 0.29) is 17.0 Å². The normalized spacial score (nSPS) is 11.8. The van der Waals surface area contributed by atoms with E-state index in [1.165, 1.54) is 31.4 Å². The second-order valence-electron chi connectivity index (χ2n) is 3.77. The largest absolute Gasteiger partial charge is 0.486 e. The van der Waals surface area contributed by atoms with E-state index in [1.807, 2.05) is 0 Å². The average Bonchev–Trinajstić information content (AvgIpc) is 2.95. The summed E-state index contributed by atoms with van der Waals surface area (Å²) >= 11 is 0. The number of aromatic nitrogens is 2. The predicted molar refractivity (Wildman–Crippen MR) is 64.6 cm³/mol. The molecular formula is C12H8F3N3O3. The first-order valence-electron chi connectivity index (χ1n) is 5.53. The van der Waals surface area contributed by atoms with Crippen LogP contribution in [0.15, 0.2) is 33.8 Å². The molecule has 0 aliphatic carbocycles. The third-order valence-electron chi connectivity index (χ3n) is 2.33. The number of methoxy groups -OCH3 is 1. The van der Waals surface area contributed by atoms with Gasteiger partial charge in [0.25, 0.3) is 5.91 Å². The number of hydrogen-bond acceptors (Lipinski definition) is 5. The molecule has 0 saturated carbocycles. The minimum absolute atomic E-state index is 0.221. The number of rotatable bonds is 3. The van der Waals surface area contributed by atoms with Gasteiger partial charge in [-0.05, 0) is 12.1 Å². The van der Waals surface area contributed by atoms with Crippen LogP contribution < -0.4 is 0 Å². The Kier molecular flexibility index (Phi) is 4.01. The van der Waals surface area contributed by atoms with Crippen LogP contribution in [0.4, 0.5) is 13.2 Å². The fourth-order valence-electron chi connectivity index (χ4n) is 1.39. The molecule has 21 heavy (non-hydrogen) atoms. The van der Waals surface area contributed by atoms with Crippen LogP contribution in [-0.2, 0) is 10.9 Å². The van der Waals surface area contributed by atoms with Gasteiger partial charge in [0.05, 0.1) is 7.11 Å². The summed E-state index contributed by atoms with van der Waals surface area (Å²) in [5.74, 6) is -2.20. The molecule has 1 aromatic heterocycles. The number of alkyl halides is 3. The lowest BCUT2D eigenvalue weighted by Crippen LogP contribution is -2.04. The van der Waals surface area contributed by atoms with Gasteiger partial charge in [0.1, 0.15) is 0 Å². The molecule has 0 radical (unpaired) electrons. The highest BCUT2D eigenvalue weighted by Gasteiger charge is 2.38. The van der Waals surface area contributed by atoms with Gasteiger partial charge < -0.3 is 9.26 Å². The molecule has 0 N–H and O–H groups in total. The topological polar surface area (TPSA) is 77.6 Å². The van der Waals surface area contributed by atoms with Crippen molar-refractivity contribution in [3.05, 3.63) is 35.7 Å². The molecule has 110 valence electrons. The number of carbonyl (C=O) groups excluding carboxylic acids is 1. The lowest BCUT2D eigenvalue weighted by Gasteiger charge is -1.98. The molecule has 6 nitrogen and oxygen atoms in total. The second-order valence-corrected chi connectivity index (χ2v) is 3.77. The van der Waals surface area contributed by atoms with Crippen molar-refractivity contribution < 1.29 is 27.2 Å². The maximum Gasteiger partial charge on any atom is 0.471 e. The van der Waals surface area contributed by atoms with E-state index in [9.17, 15) is 18.0 Å². The minimum Gasteiger partial charge on any atom is -0.486 e. The first-order chi connectivity index (χ1) is 9.91. The van der Waals surface area contributed by atoms with E-state index in [4.69, 9.17) is 0 Å². The van der Waals surface area contributed by atoms with Crippen LogP contribution >= 0.6 is 0 Å². The van der Waals surface area contributed by atoms with E-state index in [0.29, 0.717) is 0 Å². The fraction of sp³-hybridized carbons (Fsp3) is 0.167. The molecular weight excluding hydrogens is 291 g/mol. The molecule has 2 aromatic rings. The Morgan fingerprint density at radius 3 is 2.52 bits per heavy atom. The molecule has 9 heteroatoms. The zero-order valence-corrected chi connectivity index (χ0v) is 10.6. The van der Waals surface area contributed by atoms with Gasteiger partial charge >= 0.3 is 12.1 Å². The SMILES string of the molecule is COC=NC(=O)c1ccc(-c2noc(C(F)(F)F)n2)cc1. The van der Waals surface area contributed by atoms with E-state index < -0.39 is 18.0 Å². The van der Waals surface area contributed by atoms with Gasteiger partial charge in [-0.2, -0.15) is 23.1 Å². The zero-order valence-electron chi connectivity index (χ0n) is 10.6. The van der Waals surface area contributed by atoms with Crippen molar-refractivity contribution in [1.82, 2.24) is 10.1 Å². The Morgan fingerprint density at radius 1 is 1.33 bits per heavy atom. The summed E-state index contributed by atoms with van der Waals surface area (Å²) in [6, 6.07) is 5.55. The Bertz CT molecular complexity index is 662. The number of hydrogen-bond donors (Lipinski definition) is 0. The molecule has 1 aromatic carbocycles. The third-order valence-corrected chi connectivity index (χ3v) is 2.33. The summed E-state index contributed by atoms with van der Waals surface area (Å²) in [5.41, 5.74) is 0.521. The van der Waals surface area contributed by atoms with Crippen LogP contribution in [0, 0.1) is 0 Å². The Hall–Kier alpha value is -2.71. The van der Waals surface area contributed by atoms with Crippen molar-refractivity contribution in [3.8, 4) is 11.4 Å². The summed E-state index contributed by atoms with van der Waals surface area (Å²) in [7, 11) is 1.34. The lowest BCUT2D eigenvalue weighted by molar-refractivity contribution is -0.159. The fourth-order valence-corrected chi connectivity index (χ4v) is 1.39. The van der Waals surface area contributed by atoms with Crippen molar-refractivity contribution in [1.29, 1.82) is 0 Å².